The first-order valence-corrected chi connectivity index (χ1v) is 12.3. The quantitative estimate of drug-likeness (QED) is 0.525. The van der Waals surface area contributed by atoms with Gasteiger partial charge < -0.3 is 14.5 Å². The highest BCUT2D eigenvalue weighted by atomic mass is 35.5. The minimum absolute atomic E-state index is 0.0516. The SMILES string of the molecule is CC(C)OC(=O)N1Cc2cc(Cl)ccc2-n2c(nnc2N2CC3(CN(c4ncncc4F)C3)C2)C1C. The van der Waals surface area contributed by atoms with Crippen LogP contribution in [0.4, 0.5) is 21.0 Å². The molecular weight excluding hydrogens is 487 g/mol. The molecule has 6 rings (SSSR count). The Hall–Kier alpha value is -3.47. The summed E-state index contributed by atoms with van der Waals surface area (Å²) in [6, 6.07) is 5.28. The molecule has 2 fully saturated rings. The number of aromatic nitrogens is 5. The number of benzene rings is 1. The van der Waals surface area contributed by atoms with Crippen LogP contribution >= 0.6 is 11.6 Å². The summed E-state index contributed by atoms with van der Waals surface area (Å²) in [5.41, 5.74) is 1.83. The standard InChI is InChI=1S/C24H26ClFN8O2/c1-14(2)36-23(35)33-8-16-6-17(25)4-5-19(16)34-20(15(33)3)29-30-22(34)32-11-24(12-32)9-31(10-24)21-18(26)7-27-13-28-21/h4-7,13-15H,8-12H2,1-3H3. The molecule has 10 nitrogen and oxygen atoms in total. The fraction of sp³-hybridized carbons (Fsp3) is 0.458. The number of hydrogen-bond acceptors (Lipinski definition) is 8. The number of fused-ring (bicyclic) bond motifs is 3. The molecule has 3 aliphatic heterocycles. The Morgan fingerprint density at radius 1 is 1.19 bits per heavy atom. The van der Waals surface area contributed by atoms with E-state index in [-0.39, 0.29) is 17.6 Å². The van der Waals surface area contributed by atoms with Gasteiger partial charge in [-0.3, -0.25) is 9.47 Å². The fourth-order valence-corrected chi connectivity index (χ4v) is 5.60. The van der Waals surface area contributed by atoms with E-state index in [1.54, 1.807) is 4.90 Å². The van der Waals surface area contributed by atoms with Crippen molar-refractivity contribution in [2.75, 3.05) is 36.0 Å². The van der Waals surface area contributed by atoms with Gasteiger partial charge in [-0.25, -0.2) is 19.2 Å². The number of hydrogen-bond donors (Lipinski definition) is 0. The van der Waals surface area contributed by atoms with Crippen LogP contribution in [-0.4, -0.2) is 68.0 Å². The average Bonchev–Trinajstić information content (AvgIpc) is 3.15. The van der Waals surface area contributed by atoms with Crippen LogP contribution in [-0.2, 0) is 11.3 Å². The first-order valence-electron chi connectivity index (χ1n) is 11.9. The largest absolute Gasteiger partial charge is 0.447 e. The summed E-state index contributed by atoms with van der Waals surface area (Å²) in [4.78, 5) is 26.5. The van der Waals surface area contributed by atoms with Gasteiger partial charge in [-0.15, -0.1) is 10.2 Å². The average molecular weight is 513 g/mol. The fourth-order valence-electron chi connectivity index (χ4n) is 5.40. The minimum Gasteiger partial charge on any atom is -0.447 e. The molecule has 0 radical (unpaired) electrons. The second-order valence-electron chi connectivity index (χ2n) is 10.1. The van der Waals surface area contributed by atoms with Crippen LogP contribution < -0.4 is 9.80 Å². The van der Waals surface area contributed by atoms with E-state index in [1.165, 1.54) is 12.5 Å². The van der Waals surface area contributed by atoms with Gasteiger partial charge in [0.05, 0.1) is 30.6 Å². The molecule has 188 valence electrons. The molecule has 2 saturated heterocycles. The summed E-state index contributed by atoms with van der Waals surface area (Å²) in [5, 5.41) is 9.64. The predicted octanol–water partition coefficient (Wildman–Crippen LogP) is 3.60. The highest BCUT2D eigenvalue weighted by Gasteiger charge is 2.54. The van der Waals surface area contributed by atoms with Crippen LogP contribution in [0.2, 0.25) is 5.02 Å². The number of anilines is 2. The third-order valence-electron chi connectivity index (χ3n) is 7.04. The van der Waals surface area contributed by atoms with Gasteiger partial charge in [-0.05, 0) is 44.5 Å². The summed E-state index contributed by atoms with van der Waals surface area (Å²) in [6.45, 7) is 8.89. The first-order chi connectivity index (χ1) is 17.2. The molecule has 0 aliphatic carbocycles. The van der Waals surface area contributed by atoms with E-state index in [2.05, 4.69) is 25.1 Å². The van der Waals surface area contributed by atoms with E-state index in [0.717, 1.165) is 43.4 Å². The third-order valence-corrected chi connectivity index (χ3v) is 7.28. The van der Waals surface area contributed by atoms with Gasteiger partial charge in [0.25, 0.3) is 0 Å². The molecule has 1 unspecified atom stereocenters. The van der Waals surface area contributed by atoms with Gasteiger partial charge in [0.1, 0.15) is 6.33 Å². The van der Waals surface area contributed by atoms with Crippen LogP contribution in [0.15, 0.2) is 30.7 Å². The lowest BCUT2D eigenvalue weighted by Crippen LogP contribution is -2.73. The van der Waals surface area contributed by atoms with Crippen molar-refractivity contribution in [1.29, 1.82) is 0 Å². The van der Waals surface area contributed by atoms with E-state index >= 15 is 0 Å². The number of ether oxygens (including phenoxy) is 1. The van der Waals surface area contributed by atoms with Crippen molar-refractivity contribution >= 4 is 29.5 Å². The lowest BCUT2D eigenvalue weighted by atomic mass is 9.73. The van der Waals surface area contributed by atoms with Crippen molar-refractivity contribution in [3.05, 3.63) is 53.0 Å². The molecule has 1 atom stereocenters. The van der Waals surface area contributed by atoms with Crippen LogP contribution in [0.3, 0.4) is 0 Å². The van der Waals surface area contributed by atoms with Gasteiger partial charge in [0, 0.05) is 36.6 Å². The summed E-state index contributed by atoms with van der Waals surface area (Å²) in [7, 11) is 0. The Kier molecular flexibility index (Phi) is 5.29. The van der Waals surface area contributed by atoms with E-state index in [9.17, 15) is 9.18 Å². The summed E-state index contributed by atoms with van der Waals surface area (Å²) >= 11 is 6.33. The smallest absolute Gasteiger partial charge is 0.410 e. The molecule has 1 spiro atoms. The van der Waals surface area contributed by atoms with E-state index in [0.29, 0.717) is 23.2 Å². The Morgan fingerprint density at radius 2 is 1.94 bits per heavy atom. The molecule has 0 N–H and O–H groups in total. The number of carbonyl (C=O) groups excluding carboxylic acids is 1. The lowest BCUT2D eigenvalue weighted by Gasteiger charge is -2.60. The minimum atomic E-state index is -0.407. The summed E-state index contributed by atoms with van der Waals surface area (Å²) in [6.07, 6.45) is 1.91. The third kappa shape index (κ3) is 3.64. The Morgan fingerprint density at radius 3 is 2.67 bits per heavy atom. The monoisotopic (exact) mass is 512 g/mol. The molecular formula is C24H26ClFN8O2. The lowest BCUT2D eigenvalue weighted by molar-refractivity contribution is 0.0618. The van der Waals surface area contributed by atoms with Crippen molar-refractivity contribution in [1.82, 2.24) is 29.6 Å². The second-order valence-corrected chi connectivity index (χ2v) is 10.5. The van der Waals surface area contributed by atoms with Gasteiger partial charge in [-0.1, -0.05) is 11.6 Å². The number of rotatable bonds is 3. The van der Waals surface area contributed by atoms with E-state index in [1.807, 2.05) is 48.4 Å². The molecule has 1 amide bonds. The predicted molar refractivity (Wildman–Crippen MR) is 131 cm³/mol. The van der Waals surface area contributed by atoms with Gasteiger partial charge >= 0.3 is 6.09 Å². The molecule has 3 aromatic rings. The maximum Gasteiger partial charge on any atom is 0.410 e. The molecule has 5 heterocycles. The number of nitrogens with zero attached hydrogens (tertiary/aromatic N) is 8. The normalized spacial score (nSPS) is 19.9. The van der Waals surface area contributed by atoms with Crippen LogP contribution in [0, 0.1) is 11.2 Å². The van der Waals surface area contributed by atoms with Crippen molar-refractivity contribution < 1.29 is 13.9 Å². The summed E-state index contributed by atoms with van der Waals surface area (Å²) < 4.78 is 21.6. The molecule has 0 bridgehead atoms. The van der Waals surface area contributed by atoms with E-state index in [4.69, 9.17) is 16.3 Å². The number of amides is 1. The highest BCUT2D eigenvalue weighted by Crippen LogP contribution is 2.45. The Labute approximate surface area is 212 Å². The molecule has 2 aromatic heterocycles. The van der Waals surface area contributed by atoms with Crippen LogP contribution in [0.5, 0.6) is 0 Å². The Balaban J connectivity index is 1.28. The first kappa shape index (κ1) is 23.0. The number of halogens is 2. The molecule has 36 heavy (non-hydrogen) atoms. The van der Waals surface area contributed by atoms with Gasteiger partial charge in [0.15, 0.2) is 17.5 Å². The van der Waals surface area contributed by atoms with Crippen LogP contribution in [0.1, 0.15) is 38.2 Å². The zero-order valence-corrected chi connectivity index (χ0v) is 21.0. The Bertz CT molecular complexity index is 1330. The molecule has 3 aliphatic rings. The number of carbonyl (C=O) groups is 1. The van der Waals surface area contributed by atoms with Crippen LogP contribution in [0.25, 0.3) is 5.69 Å². The molecule has 12 heteroatoms. The van der Waals surface area contributed by atoms with Crippen molar-refractivity contribution in [2.24, 2.45) is 5.41 Å². The molecule has 0 saturated carbocycles. The highest BCUT2D eigenvalue weighted by molar-refractivity contribution is 6.30. The van der Waals surface area contributed by atoms with Crippen molar-refractivity contribution in [3.63, 3.8) is 0 Å². The zero-order valence-electron chi connectivity index (χ0n) is 20.2. The second kappa shape index (κ2) is 8.29. The maximum absolute atomic E-state index is 14.1. The zero-order chi connectivity index (χ0) is 25.2. The van der Waals surface area contributed by atoms with Crippen molar-refractivity contribution in [3.8, 4) is 5.69 Å². The van der Waals surface area contributed by atoms with E-state index < -0.39 is 11.9 Å². The summed E-state index contributed by atoms with van der Waals surface area (Å²) in [5.74, 6) is 1.32. The van der Waals surface area contributed by atoms with Gasteiger partial charge in [0.2, 0.25) is 5.95 Å². The molecule has 1 aromatic carbocycles. The van der Waals surface area contributed by atoms with Gasteiger partial charge in [-0.2, -0.15) is 0 Å². The maximum atomic E-state index is 14.1. The topological polar surface area (TPSA) is 92.5 Å². The van der Waals surface area contributed by atoms with Crippen molar-refractivity contribution in [2.45, 2.75) is 39.5 Å².